The molecule has 0 fully saturated rings. The van der Waals surface area contributed by atoms with E-state index in [9.17, 15) is 4.21 Å². The first-order chi connectivity index (χ1) is 17.0. The maximum atomic E-state index is 13.0. The minimum atomic E-state index is -1.51. The minimum Gasteiger partial charge on any atom is -0.494 e. The molecular formula is C23H25N7O4S. The van der Waals surface area contributed by atoms with E-state index in [-0.39, 0.29) is 11.7 Å². The molecule has 0 aliphatic heterocycles. The van der Waals surface area contributed by atoms with Crippen LogP contribution in [0.3, 0.4) is 0 Å². The summed E-state index contributed by atoms with van der Waals surface area (Å²) in [7, 11) is 3.14. The second-order valence-electron chi connectivity index (χ2n) is 7.34. The van der Waals surface area contributed by atoms with Gasteiger partial charge in [-0.2, -0.15) is 0 Å². The molecular weight excluding hydrogens is 470 g/mol. The third kappa shape index (κ3) is 5.38. The van der Waals surface area contributed by atoms with Gasteiger partial charge in [-0.25, -0.2) is 19.2 Å². The van der Waals surface area contributed by atoms with Gasteiger partial charge in [-0.1, -0.05) is 12.1 Å². The van der Waals surface area contributed by atoms with Crippen LogP contribution < -0.4 is 18.9 Å². The van der Waals surface area contributed by atoms with E-state index in [0.717, 1.165) is 5.56 Å². The van der Waals surface area contributed by atoms with Crippen LogP contribution in [0, 0.1) is 6.92 Å². The first-order valence-corrected chi connectivity index (χ1v) is 12.0. The summed E-state index contributed by atoms with van der Waals surface area (Å²) in [5, 5.41) is 8.60. The lowest BCUT2D eigenvalue weighted by atomic mass is 10.2. The molecule has 0 aliphatic carbocycles. The largest absolute Gasteiger partial charge is 0.494 e. The van der Waals surface area contributed by atoms with Crippen LogP contribution >= 0.6 is 0 Å². The zero-order valence-corrected chi connectivity index (χ0v) is 20.6. The molecule has 12 heteroatoms. The Morgan fingerprint density at radius 2 is 1.63 bits per heavy atom. The van der Waals surface area contributed by atoms with Gasteiger partial charge in [-0.3, -0.25) is 9.29 Å². The van der Waals surface area contributed by atoms with Gasteiger partial charge in [0.1, 0.15) is 39.7 Å². The molecule has 0 amide bonds. The monoisotopic (exact) mass is 495 g/mol. The van der Waals surface area contributed by atoms with Crippen molar-refractivity contribution < 1.29 is 18.4 Å². The average Bonchev–Trinajstić information content (AvgIpc) is 3.30. The van der Waals surface area contributed by atoms with E-state index < -0.39 is 11.0 Å². The minimum absolute atomic E-state index is 0.232. The fourth-order valence-electron chi connectivity index (χ4n) is 3.32. The van der Waals surface area contributed by atoms with E-state index in [0.29, 0.717) is 46.8 Å². The fourth-order valence-corrected chi connectivity index (χ4v) is 4.12. The Kier molecular flexibility index (Phi) is 7.51. The van der Waals surface area contributed by atoms with Crippen LogP contribution in [0.4, 0.5) is 5.95 Å². The highest BCUT2D eigenvalue weighted by Crippen LogP contribution is 2.37. The molecule has 0 radical (unpaired) electrons. The summed E-state index contributed by atoms with van der Waals surface area (Å²) in [5.74, 6) is 2.93. The Morgan fingerprint density at radius 3 is 2.29 bits per heavy atom. The molecule has 35 heavy (non-hydrogen) atoms. The fraction of sp³-hybridized carbons (Fsp3) is 0.261. The van der Waals surface area contributed by atoms with Gasteiger partial charge in [0.2, 0.25) is 11.8 Å². The number of ether oxygens (including phenoxy) is 3. The molecule has 1 atom stereocenters. The van der Waals surface area contributed by atoms with Crippen molar-refractivity contribution in [2.24, 2.45) is 0 Å². The lowest BCUT2D eigenvalue weighted by molar-refractivity contribution is 0.391. The van der Waals surface area contributed by atoms with Crippen LogP contribution in [0.25, 0.3) is 17.2 Å². The third-order valence-electron chi connectivity index (χ3n) is 5.00. The van der Waals surface area contributed by atoms with Gasteiger partial charge in [-0.05, 0) is 30.7 Å². The molecule has 0 saturated carbocycles. The van der Waals surface area contributed by atoms with Gasteiger partial charge >= 0.3 is 0 Å². The van der Waals surface area contributed by atoms with E-state index in [4.69, 9.17) is 14.2 Å². The predicted octanol–water partition coefficient (Wildman–Crippen LogP) is 2.77. The van der Waals surface area contributed by atoms with Gasteiger partial charge in [0.15, 0.2) is 5.82 Å². The molecule has 1 aromatic carbocycles. The lowest BCUT2D eigenvalue weighted by Crippen LogP contribution is -2.16. The lowest BCUT2D eigenvalue weighted by Gasteiger charge is -2.17. The molecule has 0 spiro atoms. The van der Waals surface area contributed by atoms with E-state index >= 15 is 0 Å². The summed E-state index contributed by atoms with van der Waals surface area (Å²) >= 11 is 0. The molecule has 182 valence electrons. The van der Waals surface area contributed by atoms with Crippen molar-refractivity contribution in [1.82, 2.24) is 29.7 Å². The maximum absolute atomic E-state index is 13.0. The number of anilines is 1. The first-order valence-electron chi connectivity index (χ1n) is 10.6. The SMILES string of the molecule is COc1cccc(-c2nnc(NS(=O)CCc3ncc(C)cn3)n2-c2c(OC)cccc2OC)n1. The Hall–Kier alpha value is -4.06. The zero-order valence-electron chi connectivity index (χ0n) is 19.8. The number of aryl methyl sites for hydroxylation is 2. The molecule has 1 N–H and O–H groups in total. The second kappa shape index (κ2) is 10.9. The van der Waals surface area contributed by atoms with Crippen LogP contribution in [0.5, 0.6) is 17.4 Å². The molecule has 0 aliphatic rings. The molecule has 1 unspecified atom stereocenters. The van der Waals surface area contributed by atoms with Crippen LogP contribution in [0.1, 0.15) is 11.4 Å². The molecule has 0 bridgehead atoms. The number of pyridine rings is 1. The number of methoxy groups -OCH3 is 3. The number of hydrogen-bond acceptors (Lipinski definition) is 9. The highest BCUT2D eigenvalue weighted by atomic mass is 32.2. The summed E-state index contributed by atoms with van der Waals surface area (Å²) in [5.41, 5.74) is 1.99. The molecule has 4 rings (SSSR count). The maximum Gasteiger partial charge on any atom is 0.241 e. The van der Waals surface area contributed by atoms with Crippen LogP contribution in [0.2, 0.25) is 0 Å². The van der Waals surface area contributed by atoms with Crippen molar-refractivity contribution in [3.8, 4) is 34.6 Å². The van der Waals surface area contributed by atoms with Crippen molar-refractivity contribution in [3.05, 3.63) is 60.2 Å². The highest BCUT2D eigenvalue weighted by molar-refractivity contribution is 7.86. The van der Waals surface area contributed by atoms with Gasteiger partial charge in [0.05, 0.1) is 27.1 Å². The van der Waals surface area contributed by atoms with Crippen molar-refractivity contribution >= 4 is 16.9 Å². The van der Waals surface area contributed by atoms with E-state index in [1.807, 2.05) is 13.0 Å². The molecule has 3 heterocycles. The normalized spacial score (nSPS) is 11.7. The number of hydrogen-bond donors (Lipinski definition) is 1. The first kappa shape index (κ1) is 24.1. The standard InChI is InChI=1S/C23H25N7O4S/c1-15-13-24-19(25-14-15)11-12-35(31)29-23-28-27-22(16-7-5-10-20(26-16)34-4)30(23)21-17(32-2)8-6-9-18(21)33-3/h5-10,13-14H,11-12H2,1-4H3,(H,28,29). The van der Waals surface area contributed by atoms with E-state index in [2.05, 4.69) is 29.9 Å². The quantitative estimate of drug-likeness (QED) is 0.353. The van der Waals surface area contributed by atoms with Crippen molar-refractivity contribution in [1.29, 1.82) is 0 Å². The van der Waals surface area contributed by atoms with Crippen LogP contribution in [-0.4, -0.2) is 61.0 Å². The topological polar surface area (TPSA) is 126 Å². The number of benzene rings is 1. The Balaban J connectivity index is 1.73. The molecule has 4 aromatic rings. The summed E-state index contributed by atoms with van der Waals surface area (Å²) in [6.07, 6.45) is 3.89. The van der Waals surface area contributed by atoms with Crippen molar-refractivity contribution in [2.75, 3.05) is 31.8 Å². The highest BCUT2D eigenvalue weighted by Gasteiger charge is 2.24. The number of nitrogens with zero attached hydrogens (tertiary/aromatic N) is 6. The van der Waals surface area contributed by atoms with E-state index in [1.54, 1.807) is 61.5 Å². The average molecular weight is 496 g/mol. The molecule has 3 aromatic heterocycles. The third-order valence-corrected chi connectivity index (χ3v) is 5.99. The second-order valence-corrected chi connectivity index (χ2v) is 8.64. The van der Waals surface area contributed by atoms with Crippen LogP contribution in [0.15, 0.2) is 48.8 Å². The molecule has 0 saturated heterocycles. The van der Waals surface area contributed by atoms with E-state index in [1.165, 1.54) is 7.11 Å². The Labute approximate surface area is 205 Å². The summed E-state index contributed by atoms with van der Waals surface area (Å²) in [6, 6.07) is 10.7. The zero-order chi connectivity index (χ0) is 24.8. The predicted molar refractivity (Wildman–Crippen MR) is 131 cm³/mol. The number of rotatable bonds is 10. The van der Waals surface area contributed by atoms with Gasteiger partial charge < -0.3 is 14.2 Å². The number of para-hydroxylation sites is 1. The smallest absolute Gasteiger partial charge is 0.241 e. The summed E-state index contributed by atoms with van der Waals surface area (Å²) < 4.78 is 34.0. The van der Waals surface area contributed by atoms with Gasteiger partial charge in [0.25, 0.3) is 0 Å². The molecule has 11 nitrogen and oxygen atoms in total. The summed E-state index contributed by atoms with van der Waals surface area (Å²) in [4.78, 5) is 13.0. The van der Waals surface area contributed by atoms with Crippen molar-refractivity contribution in [3.63, 3.8) is 0 Å². The Morgan fingerprint density at radius 1 is 0.943 bits per heavy atom. The van der Waals surface area contributed by atoms with Gasteiger partial charge in [0, 0.05) is 24.9 Å². The Bertz CT molecular complexity index is 1310. The van der Waals surface area contributed by atoms with Gasteiger partial charge in [-0.15, -0.1) is 10.2 Å². The van der Waals surface area contributed by atoms with Crippen LogP contribution in [-0.2, 0) is 17.4 Å². The van der Waals surface area contributed by atoms with Crippen molar-refractivity contribution in [2.45, 2.75) is 13.3 Å². The number of aromatic nitrogens is 6. The number of nitrogens with one attached hydrogen (secondary N) is 1. The summed E-state index contributed by atoms with van der Waals surface area (Å²) in [6.45, 7) is 1.91.